The quantitative estimate of drug-likeness (QED) is 0.700. The molecule has 0 atom stereocenters. The Morgan fingerprint density at radius 2 is 1.97 bits per heavy atom. The number of anilines is 2. The van der Waals surface area contributed by atoms with Crippen molar-refractivity contribution in [3.63, 3.8) is 0 Å². The van der Waals surface area contributed by atoms with Gasteiger partial charge in [0, 0.05) is 39.5 Å². The number of hydrogen-bond acceptors (Lipinski definition) is 6. The molecule has 4 heterocycles. The summed E-state index contributed by atoms with van der Waals surface area (Å²) in [6, 6.07) is 1.79. The zero-order chi connectivity index (χ0) is 20.5. The largest absolute Gasteiger partial charge is 0.380 e. The van der Waals surface area contributed by atoms with Crippen LogP contribution >= 0.6 is 0 Å². The minimum Gasteiger partial charge on any atom is -0.380 e. The Morgan fingerprint density at radius 3 is 2.79 bits per heavy atom. The third-order valence-corrected chi connectivity index (χ3v) is 5.07. The van der Waals surface area contributed by atoms with E-state index in [2.05, 4.69) is 20.3 Å². The molecular formula is C20H24N6O3. The third kappa shape index (κ3) is 3.73. The van der Waals surface area contributed by atoms with Gasteiger partial charge in [0.25, 0.3) is 11.8 Å². The highest BCUT2D eigenvalue weighted by Gasteiger charge is 2.28. The van der Waals surface area contributed by atoms with E-state index in [1.165, 1.54) is 0 Å². The molecule has 0 fully saturated rings. The Bertz CT molecular complexity index is 996. The van der Waals surface area contributed by atoms with Gasteiger partial charge in [-0.3, -0.25) is 9.59 Å². The highest BCUT2D eigenvalue weighted by Crippen LogP contribution is 2.32. The summed E-state index contributed by atoms with van der Waals surface area (Å²) in [6.07, 6.45) is 4.11. The van der Waals surface area contributed by atoms with Crippen LogP contribution in [-0.2, 0) is 9.53 Å². The summed E-state index contributed by atoms with van der Waals surface area (Å²) in [5, 5.41) is 2.80. The number of rotatable bonds is 0. The van der Waals surface area contributed by atoms with Gasteiger partial charge in [-0.25, -0.2) is 9.97 Å². The van der Waals surface area contributed by atoms with Gasteiger partial charge in [0.15, 0.2) is 0 Å². The minimum atomic E-state index is -0.261. The molecule has 0 radical (unpaired) electrons. The lowest BCUT2D eigenvalue weighted by Gasteiger charge is -2.19. The third-order valence-electron chi connectivity index (χ3n) is 5.07. The highest BCUT2D eigenvalue weighted by molar-refractivity contribution is 6.34. The fourth-order valence-corrected chi connectivity index (χ4v) is 3.44. The Hall–Kier alpha value is -3.20. The molecule has 0 saturated heterocycles. The summed E-state index contributed by atoms with van der Waals surface area (Å²) in [6.45, 7) is 4.12. The van der Waals surface area contributed by atoms with E-state index in [1.54, 1.807) is 30.3 Å². The smallest absolute Gasteiger partial charge is 0.258 e. The van der Waals surface area contributed by atoms with Crippen molar-refractivity contribution in [2.75, 3.05) is 50.6 Å². The molecule has 0 aromatic carbocycles. The second-order valence-electron chi connectivity index (χ2n) is 7.34. The molecule has 2 aliphatic rings. The average Bonchev–Trinajstić information content (AvgIpc) is 3.22. The molecule has 0 aliphatic carbocycles. The lowest BCUT2D eigenvalue weighted by atomic mass is 10.1. The van der Waals surface area contributed by atoms with Gasteiger partial charge >= 0.3 is 0 Å². The van der Waals surface area contributed by atoms with E-state index >= 15 is 0 Å². The molecule has 0 unspecified atom stereocenters. The number of hydrogen-bond donors (Lipinski definition) is 2. The molecule has 2 amide bonds. The Labute approximate surface area is 168 Å². The van der Waals surface area contributed by atoms with Crippen molar-refractivity contribution in [3.8, 4) is 0 Å². The molecule has 2 bridgehead atoms. The van der Waals surface area contributed by atoms with Crippen LogP contribution in [0.5, 0.6) is 0 Å². The van der Waals surface area contributed by atoms with Crippen LogP contribution in [0.25, 0.3) is 11.6 Å². The van der Waals surface area contributed by atoms with Crippen molar-refractivity contribution in [1.29, 1.82) is 0 Å². The number of ether oxygens (including phenoxy) is 1. The first-order valence-electron chi connectivity index (χ1n) is 9.58. The normalized spacial score (nSPS) is 19.6. The van der Waals surface area contributed by atoms with Gasteiger partial charge in [0.1, 0.15) is 5.69 Å². The maximum Gasteiger partial charge on any atom is 0.258 e. The standard InChI is InChI=1S/C20H24N6O3/c1-12-9-13-15(22-12)10-14-17-16(23-18(14)27)11-21-20(24-17)26(3)5-4-7-29-8-6-25(2)19(13)28/h9-11,22H,4-8H2,1-3H3,(H,23,27)/b14-10-. The molecule has 2 aliphatic heterocycles. The predicted octanol–water partition coefficient (Wildman–Crippen LogP) is 1.53. The number of likely N-dealkylation sites (N-methyl/N-ethyl adjacent to an activating group) is 1. The highest BCUT2D eigenvalue weighted by atomic mass is 16.5. The lowest BCUT2D eigenvalue weighted by molar-refractivity contribution is -0.110. The second-order valence-corrected chi connectivity index (χ2v) is 7.34. The van der Waals surface area contributed by atoms with E-state index < -0.39 is 0 Å². The first-order chi connectivity index (χ1) is 13.9. The minimum absolute atomic E-state index is 0.126. The van der Waals surface area contributed by atoms with E-state index in [4.69, 9.17) is 4.74 Å². The van der Waals surface area contributed by atoms with Crippen molar-refractivity contribution in [1.82, 2.24) is 19.9 Å². The molecule has 4 rings (SSSR count). The van der Waals surface area contributed by atoms with Crippen molar-refractivity contribution >= 4 is 35.1 Å². The summed E-state index contributed by atoms with van der Waals surface area (Å²) < 4.78 is 5.67. The zero-order valence-corrected chi connectivity index (χ0v) is 16.8. The molecule has 2 aromatic rings. The number of nitrogens with one attached hydrogen (secondary N) is 2. The van der Waals surface area contributed by atoms with Crippen LogP contribution in [0.1, 0.15) is 33.9 Å². The molecule has 2 aromatic heterocycles. The monoisotopic (exact) mass is 396 g/mol. The summed E-state index contributed by atoms with van der Waals surface area (Å²) in [4.78, 5) is 41.2. The number of carbonyl (C=O) groups excluding carboxylic acids is 2. The van der Waals surface area contributed by atoms with Crippen molar-refractivity contribution in [2.24, 2.45) is 0 Å². The number of aromatic nitrogens is 3. The summed E-state index contributed by atoms with van der Waals surface area (Å²) in [7, 11) is 3.66. The van der Waals surface area contributed by atoms with Crippen molar-refractivity contribution < 1.29 is 14.3 Å². The van der Waals surface area contributed by atoms with Crippen LogP contribution in [0.2, 0.25) is 0 Å². The van der Waals surface area contributed by atoms with Crippen LogP contribution in [0.4, 0.5) is 11.6 Å². The van der Waals surface area contributed by atoms with E-state index in [-0.39, 0.29) is 11.8 Å². The number of nitrogens with zero attached hydrogens (tertiary/aromatic N) is 4. The Morgan fingerprint density at radius 1 is 1.14 bits per heavy atom. The van der Waals surface area contributed by atoms with Gasteiger partial charge in [0.05, 0.1) is 35.3 Å². The van der Waals surface area contributed by atoms with E-state index in [1.807, 2.05) is 18.9 Å². The average molecular weight is 396 g/mol. The molecule has 0 spiro atoms. The maximum atomic E-state index is 12.9. The van der Waals surface area contributed by atoms with Crippen LogP contribution in [0, 0.1) is 6.92 Å². The number of aromatic amines is 1. The van der Waals surface area contributed by atoms with Crippen molar-refractivity contribution in [3.05, 3.63) is 34.9 Å². The summed E-state index contributed by atoms with van der Waals surface area (Å²) in [5.74, 6) is 0.151. The second kappa shape index (κ2) is 7.67. The van der Waals surface area contributed by atoms with Gasteiger partial charge in [-0.2, -0.15) is 0 Å². The molecular weight excluding hydrogens is 372 g/mol. The number of aryl methyl sites for hydroxylation is 1. The first kappa shape index (κ1) is 19.1. The van der Waals surface area contributed by atoms with Gasteiger partial charge in [-0.1, -0.05) is 0 Å². The summed E-state index contributed by atoms with van der Waals surface area (Å²) in [5.41, 5.74) is 3.44. The molecule has 152 valence electrons. The Balaban J connectivity index is 1.82. The van der Waals surface area contributed by atoms with Crippen LogP contribution < -0.4 is 10.2 Å². The topological polar surface area (TPSA) is 103 Å². The van der Waals surface area contributed by atoms with Crippen LogP contribution in [0.15, 0.2) is 12.3 Å². The molecule has 9 nitrogen and oxygen atoms in total. The van der Waals surface area contributed by atoms with Gasteiger partial charge in [-0.05, 0) is 25.5 Å². The molecule has 29 heavy (non-hydrogen) atoms. The molecule has 0 saturated carbocycles. The number of carbonyl (C=O) groups is 2. The molecule has 9 heteroatoms. The lowest BCUT2D eigenvalue weighted by Crippen LogP contribution is -2.30. The SMILES string of the molecule is Cc1cc2c([nH]1)/C=C1\C(=O)Nc3cnc(nc31)N(C)CCCOCCN(C)C2=O. The van der Waals surface area contributed by atoms with E-state index in [0.29, 0.717) is 60.5 Å². The van der Waals surface area contributed by atoms with Crippen LogP contribution in [-0.4, -0.2) is 72.1 Å². The number of fused-ring (bicyclic) bond motifs is 2. The van der Waals surface area contributed by atoms with Gasteiger partial charge in [-0.15, -0.1) is 0 Å². The fourth-order valence-electron chi connectivity index (χ4n) is 3.44. The number of H-pyrrole nitrogens is 1. The maximum absolute atomic E-state index is 12.9. The van der Waals surface area contributed by atoms with E-state index in [0.717, 1.165) is 12.1 Å². The van der Waals surface area contributed by atoms with E-state index in [9.17, 15) is 9.59 Å². The fraction of sp³-hybridized carbons (Fsp3) is 0.400. The van der Waals surface area contributed by atoms with Gasteiger partial charge in [0.2, 0.25) is 5.95 Å². The van der Waals surface area contributed by atoms with Gasteiger partial charge < -0.3 is 24.8 Å². The molecule has 2 N–H and O–H groups in total. The van der Waals surface area contributed by atoms with Crippen molar-refractivity contribution in [2.45, 2.75) is 13.3 Å². The Kier molecular flexibility index (Phi) is 5.06. The van der Waals surface area contributed by atoms with Crippen LogP contribution in [0.3, 0.4) is 0 Å². The first-order valence-corrected chi connectivity index (χ1v) is 9.58. The zero-order valence-electron chi connectivity index (χ0n) is 16.8. The summed E-state index contributed by atoms with van der Waals surface area (Å²) >= 11 is 0. The number of amides is 2. The predicted molar refractivity (Wildman–Crippen MR) is 110 cm³/mol.